The number of hydrogen-bond donors (Lipinski definition) is 1. The molecule has 0 saturated carbocycles. The van der Waals surface area contributed by atoms with E-state index in [4.69, 9.17) is 0 Å². The van der Waals surface area contributed by atoms with E-state index < -0.39 is 11.5 Å². The van der Waals surface area contributed by atoms with Crippen LogP contribution < -0.4 is 0 Å². The lowest BCUT2D eigenvalue weighted by Crippen LogP contribution is -2.51. The second-order valence-corrected chi connectivity index (χ2v) is 4.28. The summed E-state index contributed by atoms with van der Waals surface area (Å²) in [6.45, 7) is 5.85. The van der Waals surface area contributed by atoms with Gasteiger partial charge in [-0.05, 0) is 25.8 Å². The molecule has 0 bridgehead atoms. The Morgan fingerprint density at radius 1 is 1.33 bits per heavy atom. The molecular weight excluding hydrogens is 230 g/mol. The lowest BCUT2D eigenvalue weighted by atomic mass is 9.85. The predicted molar refractivity (Wildman–Crippen MR) is 69.2 cm³/mol. The fourth-order valence-corrected chi connectivity index (χ4v) is 2.23. The van der Waals surface area contributed by atoms with E-state index in [-0.39, 0.29) is 0 Å². The third kappa shape index (κ3) is 2.23. The lowest BCUT2D eigenvalue weighted by molar-refractivity contribution is -0.156. The van der Waals surface area contributed by atoms with Gasteiger partial charge in [-0.3, -0.25) is 4.79 Å². The minimum Gasteiger partial charge on any atom is -0.479 e. The van der Waals surface area contributed by atoms with Gasteiger partial charge in [0, 0.05) is 6.54 Å². The van der Waals surface area contributed by atoms with Crippen molar-refractivity contribution in [1.82, 2.24) is 4.90 Å². The Morgan fingerprint density at radius 2 is 1.89 bits per heavy atom. The Morgan fingerprint density at radius 3 is 2.22 bits per heavy atom. The maximum Gasteiger partial charge on any atom is 0.334 e. The Kier molecular flexibility index (Phi) is 4.48. The SMILES string of the molecule is CCN(C=O)C(CC)(C(=O)O)c1ccc(C)cc1. The van der Waals surface area contributed by atoms with Crippen LogP contribution in [0.3, 0.4) is 0 Å². The molecule has 1 atom stereocenters. The van der Waals surface area contributed by atoms with Crippen molar-refractivity contribution in [1.29, 1.82) is 0 Å². The number of benzene rings is 1. The molecule has 0 fully saturated rings. The molecule has 0 aliphatic carbocycles. The number of carbonyl (C=O) groups excluding carboxylic acids is 1. The molecule has 4 heteroatoms. The standard InChI is InChI=1S/C14H19NO3/c1-4-14(13(17)18,15(5-2)10-16)12-8-6-11(3)7-9-12/h6-10H,4-5H2,1-3H3,(H,17,18). The number of aryl methyl sites for hydroxylation is 1. The van der Waals surface area contributed by atoms with E-state index in [2.05, 4.69) is 0 Å². The van der Waals surface area contributed by atoms with Crippen molar-refractivity contribution in [3.05, 3.63) is 35.4 Å². The number of nitrogens with zero attached hydrogens (tertiary/aromatic N) is 1. The van der Waals surface area contributed by atoms with E-state index >= 15 is 0 Å². The van der Waals surface area contributed by atoms with Gasteiger partial charge < -0.3 is 10.0 Å². The van der Waals surface area contributed by atoms with Crippen molar-refractivity contribution >= 4 is 12.4 Å². The Balaban J connectivity index is 3.39. The van der Waals surface area contributed by atoms with E-state index in [1.54, 1.807) is 26.0 Å². The number of aliphatic carboxylic acids is 1. The number of carboxylic acid groups (broad SMARTS) is 1. The normalized spacial score (nSPS) is 13.7. The number of hydrogen-bond acceptors (Lipinski definition) is 2. The van der Waals surface area contributed by atoms with E-state index in [9.17, 15) is 14.7 Å². The number of likely N-dealkylation sites (N-methyl/N-ethyl adjacent to an activating group) is 1. The van der Waals surface area contributed by atoms with Gasteiger partial charge in [0.05, 0.1) is 0 Å². The molecule has 0 heterocycles. The van der Waals surface area contributed by atoms with Gasteiger partial charge in [0.15, 0.2) is 5.54 Å². The van der Waals surface area contributed by atoms with Crippen molar-refractivity contribution < 1.29 is 14.7 Å². The van der Waals surface area contributed by atoms with Crippen LogP contribution in [0.4, 0.5) is 0 Å². The zero-order chi connectivity index (χ0) is 13.8. The molecule has 1 amide bonds. The first-order valence-electron chi connectivity index (χ1n) is 6.05. The van der Waals surface area contributed by atoms with Gasteiger partial charge >= 0.3 is 5.97 Å². The van der Waals surface area contributed by atoms with Crippen LogP contribution in [-0.4, -0.2) is 28.9 Å². The summed E-state index contributed by atoms with van der Waals surface area (Å²) >= 11 is 0. The Hall–Kier alpha value is -1.84. The summed E-state index contributed by atoms with van der Waals surface area (Å²) < 4.78 is 0. The van der Waals surface area contributed by atoms with Crippen molar-refractivity contribution in [3.63, 3.8) is 0 Å². The molecule has 4 nitrogen and oxygen atoms in total. The van der Waals surface area contributed by atoms with Gasteiger partial charge in [0.25, 0.3) is 0 Å². The summed E-state index contributed by atoms with van der Waals surface area (Å²) in [6.07, 6.45) is 0.940. The summed E-state index contributed by atoms with van der Waals surface area (Å²) in [5.41, 5.74) is 0.421. The maximum atomic E-state index is 11.7. The van der Waals surface area contributed by atoms with Crippen LogP contribution in [0, 0.1) is 6.92 Å². The minimum absolute atomic E-state index is 0.331. The largest absolute Gasteiger partial charge is 0.479 e. The first-order valence-corrected chi connectivity index (χ1v) is 6.05. The Labute approximate surface area is 107 Å². The zero-order valence-corrected chi connectivity index (χ0v) is 11.0. The number of amides is 1. The molecule has 1 rings (SSSR count). The molecule has 0 spiro atoms. The third-order valence-electron chi connectivity index (χ3n) is 3.35. The molecule has 1 aromatic rings. The summed E-state index contributed by atoms with van der Waals surface area (Å²) in [4.78, 5) is 24.2. The number of rotatable bonds is 6. The van der Waals surface area contributed by atoms with Gasteiger partial charge in [-0.25, -0.2) is 4.79 Å². The molecule has 18 heavy (non-hydrogen) atoms. The number of carboxylic acids is 1. The molecule has 1 unspecified atom stereocenters. The summed E-state index contributed by atoms with van der Waals surface area (Å²) in [5, 5.41) is 9.58. The van der Waals surface area contributed by atoms with Gasteiger partial charge in [-0.2, -0.15) is 0 Å². The van der Waals surface area contributed by atoms with E-state index in [1.165, 1.54) is 4.90 Å². The van der Waals surface area contributed by atoms with Crippen LogP contribution in [-0.2, 0) is 15.1 Å². The summed E-state index contributed by atoms with van der Waals surface area (Å²) in [6, 6.07) is 7.28. The highest BCUT2D eigenvalue weighted by Gasteiger charge is 2.43. The zero-order valence-electron chi connectivity index (χ0n) is 11.0. The average Bonchev–Trinajstić information content (AvgIpc) is 2.36. The molecule has 0 aliphatic heterocycles. The van der Waals surface area contributed by atoms with Gasteiger partial charge in [0.2, 0.25) is 6.41 Å². The van der Waals surface area contributed by atoms with Gasteiger partial charge in [0.1, 0.15) is 0 Å². The monoisotopic (exact) mass is 249 g/mol. The van der Waals surface area contributed by atoms with Crippen LogP contribution in [0.15, 0.2) is 24.3 Å². The van der Waals surface area contributed by atoms with Crippen LogP contribution >= 0.6 is 0 Å². The van der Waals surface area contributed by atoms with Crippen LogP contribution in [0.5, 0.6) is 0 Å². The molecule has 1 N–H and O–H groups in total. The highest BCUT2D eigenvalue weighted by atomic mass is 16.4. The summed E-state index contributed by atoms with van der Waals surface area (Å²) in [5.74, 6) is -0.997. The fraction of sp³-hybridized carbons (Fsp3) is 0.429. The molecule has 0 aromatic heterocycles. The van der Waals surface area contributed by atoms with Crippen molar-refractivity contribution in [3.8, 4) is 0 Å². The topological polar surface area (TPSA) is 57.6 Å². The first-order chi connectivity index (χ1) is 8.52. The quantitative estimate of drug-likeness (QED) is 0.786. The van der Waals surface area contributed by atoms with Gasteiger partial charge in [-0.1, -0.05) is 36.8 Å². The molecule has 98 valence electrons. The number of carbonyl (C=O) groups is 2. The second-order valence-electron chi connectivity index (χ2n) is 4.28. The van der Waals surface area contributed by atoms with E-state index in [0.29, 0.717) is 24.9 Å². The smallest absolute Gasteiger partial charge is 0.334 e. The fourth-order valence-electron chi connectivity index (χ4n) is 2.23. The third-order valence-corrected chi connectivity index (χ3v) is 3.35. The molecule has 0 aliphatic rings. The van der Waals surface area contributed by atoms with Crippen LogP contribution in [0.1, 0.15) is 31.4 Å². The maximum absolute atomic E-state index is 11.7. The van der Waals surface area contributed by atoms with Crippen molar-refractivity contribution in [2.75, 3.05) is 6.54 Å². The Bertz CT molecular complexity index is 427. The molecule has 0 radical (unpaired) electrons. The molecule has 0 saturated heterocycles. The lowest BCUT2D eigenvalue weighted by Gasteiger charge is -2.37. The highest BCUT2D eigenvalue weighted by molar-refractivity contribution is 5.83. The van der Waals surface area contributed by atoms with Crippen LogP contribution in [0.2, 0.25) is 0 Å². The predicted octanol–water partition coefficient (Wildman–Crippen LogP) is 2.16. The first kappa shape index (κ1) is 14.2. The highest BCUT2D eigenvalue weighted by Crippen LogP contribution is 2.31. The average molecular weight is 249 g/mol. The minimum atomic E-state index is -1.27. The second kappa shape index (κ2) is 5.67. The molecular formula is C14H19NO3. The summed E-state index contributed by atoms with van der Waals surface area (Å²) in [7, 11) is 0. The van der Waals surface area contributed by atoms with Crippen molar-refractivity contribution in [2.45, 2.75) is 32.7 Å². The van der Waals surface area contributed by atoms with Gasteiger partial charge in [-0.15, -0.1) is 0 Å². The van der Waals surface area contributed by atoms with E-state index in [0.717, 1.165) is 5.56 Å². The van der Waals surface area contributed by atoms with Crippen LogP contribution in [0.25, 0.3) is 0 Å². The van der Waals surface area contributed by atoms with E-state index in [1.807, 2.05) is 19.1 Å². The van der Waals surface area contributed by atoms with Crippen molar-refractivity contribution in [2.24, 2.45) is 0 Å². The molecule has 1 aromatic carbocycles.